The number of hydrogen-bond donors (Lipinski definition) is 3. The van der Waals surface area contributed by atoms with Gasteiger partial charge < -0.3 is 21.5 Å². The summed E-state index contributed by atoms with van der Waals surface area (Å²) in [5.74, 6) is 5.34. The van der Waals surface area contributed by atoms with Gasteiger partial charge in [0, 0.05) is 24.8 Å². The lowest BCUT2D eigenvalue weighted by Gasteiger charge is -2.45. The molecule has 3 aromatic rings. The van der Waals surface area contributed by atoms with Crippen molar-refractivity contribution in [1.29, 1.82) is 0 Å². The first kappa shape index (κ1) is 26.8. The molecule has 206 valence electrons. The minimum absolute atomic E-state index is 0.0128. The van der Waals surface area contributed by atoms with E-state index in [-0.39, 0.29) is 28.7 Å². The summed E-state index contributed by atoms with van der Waals surface area (Å²) in [6.07, 6.45) is -0.237. The third-order valence-electron chi connectivity index (χ3n) is 7.89. The maximum atomic E-state index is 13.2. The number of nitrogen functional groups attached to an aromatic ring is 1. The van der Waals surface area contributed by atoms with Crippen molar-refractivity contribution in [2.24, 2.45) is 11.1 Å². The van der Waals surface area contributed by atoms with E-state index < -0.39 is 24.0 Å². The van der Waals surface area contributed by atoms with Crippen molar-refractivity contribution in [3.63, 3.8) is 0 Å². The van der Waals surface area contributed by atoms with Crippen LogP contribution >= 0.6 is 0 Å². The number of rotatable bonds is 5. The molecule has 1 amide bonds. The molecule has 1 aliphatic heterocycles. The third-order valence-corrected chi connectivity index (χ3v) is 7.89. The van der Waals surface area contributed by atoms with Crippen LogP contribution in [-0.2, 0) is 11.0 Å². The Morgan fingerprint density at radius 2 is 2.05 bits per heavy atom. The highest BCUT2D eigenvalue weighted by Crippen LogP contribution is 2.55. The Morgan fingerprint density at radius 3 is 2.72 bits per heavy atom. The van der Waals surface area contributed by atoms with E-state index in [0.29, 0.717) is 29.9 Å². The summed E-state index contributed by atoms with van der Waals surface area (Å²) < 4.78 is 42.8. The molecule has 2 aromatic heterocycles. The van der Waals surface area contributed by atoms with E-state index in [2.05, 4.69) is 16.9 Å². The Labute approximate surface area is 223 Å². The SMILES string of the molecule is CC#CC(=O)N1CCC2(CC(n3nc(-c4cnn([C@H](C)c5cccc(C(F)(F)F)c5)c4)c(C(N)O)c3N)C2)C1. The van der Waals surface area contributed by atoms with Crippen molar-refractivity contribution >= 4 is 11.7 Å². The Bertz CT molecular complexity index is 1460. The highest BCUT2D eigenvalue weighted by atomic mass is 19.4. The standard InChI is InChI=1S/C27H30F3N7O2/c1-3-5-21(38)35-9-8-26(15-35)11-20(12-26)37-24(31)22(25(32)39)23(34-37)18-13-33-36(14-18)16(2)17-6-4-7-19(10-17)27(28,29)30/h4,6-7,10,13-14,16,20,25,39H,8-9,11-12,15,31-32H2,1-2H3/t16-,20?,25?,26?/m1/s1. The molecule has 1 saturated heterocycles. The number of benzene rings is 1. The van der Waals surface area contributed by atoms with Crippen LogP contribution in [0.15, 0.2) is 36.7 Å². The Balaban J connectivity index is 1.38. The van der Waals surface area contributed by atoms with Gasteiger partial charge in [-0.25, -0.2) is 4.68 Å². The molecule has 1 aromatic carbocycles. The zero-order valence-electron chi connectivity index (χ0n) is 21.6. The summed E-state index contributed by atoms with van der Waals surface area (Å²) in [6, 6.07) is 4.59. The zero-order valence-corrected chi connectivity index (χ0v) is 21.6. The van der Waals surface area contributed by atoms with Crippen LogP contribution in [0.5, 0.6) is 0 Å². The number of nitrogens with zero attached hydrogens (tertiary/aromatic N) is 5. The van der Waals surface area contributed by atoms with Crippen molar-refractivity contribution < 1.29 is 23.1 Å². The number of carbonyl (C=O) groups is 1. The first-order valence-electron chi connectivity index (χ1n) is 12.7. The van der Waals surface area contributed by atoms with Gasteiger partial charge in [0.1, 0.15) is 17.7 Å². The van der Waals surface area contributed by atoms with Crippen molar-refractivity contribution in [2.75, 3.05) is 18.8 Å². The largest absolute Gasteiger partial charge is 0.416 e. The van der Waals surface area contributed by atoms with Crippen molar-refractivity contribution in [2.45, 2.75) is 57.6 Å². The van der Waals surface area contributed by atoms with Crippen LogP contribution < -0.4 is 11.5 Å². The van der Waals surface area contributed by atoms with E-state index in [4.69, 9.17) is 16.6 Å². The van der Waals surface area contributed by atoms with Crippen LogP contribution in [0.2, 0.25) is 0 Å². The van der Waals surface area contributed by atoms with Gasteiger partial charge in [-0.05, 0) is 62.1 Å². The second-order valence-corrected chi connectivity index (χ2v) is 10.5. The molecule has 39 heavy (non-hydrogen) atoms. The van der Waals surface area contributed by atoms with Gasteiger partial charge in [0.2, 0.25) is 0 Å². The maximum absolute atomic E-state index is 13.2. The molecule has 0 radical (unpaired) electrons. The average molecular weight is 542 g/mol. The summed E-state index contributed by atoms with van der Waals surface area (Å²) in [5, 5.41) is 19.4. The second-order valence-electron chi connectivity index (χ2n) is 10.5. The minimum atomic E-state index is -4.45. The molecular weight excluding hydrogens is 511 g/mol. The Kier molecular flexibility index (Phi) is 6.68. The maximum Gasteiger partial charge on any atom is 0.416 e. The summed E-state index contributed by atoms with van der Waals surface area (Å²) >= 11 is 0. The van der Waals surface area contributed by atoms with Gasteiger partial charge in [0.05, 0.1) is 29.4 Å². The Morgan fingerprint density at radius 1 is 1.31 bits per heavy atom. The molecule has 12 heteroatoms. The lowest BCUT2D eigenvalue weighted by molar-refractivity contribution is -0.137. The fourth-order valence-corrected chi connectivity index (χ4v) is 5.78. The lowest BCUT2D eigenvalue weighted by Crippen LogP contribution is -2.42. The minimum Gasteiger partial charge on any atom is -0.384 e. The number of aliphatic hydroxyl groups is 1. The van der Waals surface area contributed by atoms with Crippen LogP contribution in [-0.4, -0.2) is 48.6 Å². The number of likely N-dealkylation sites (tertiary alicyclic amines) is 1. The van der Waals surface area contributed by atoms with Gasteiger partial charge in [-0.2, -0.15) is 23.4 Å². The van der Waals surface area contributed by atoms with Crippen molar-refractivity contribution in [1.82, 2.24) is 24.5 Å². The predicted molar refractivity (Wildman–Crippen MR) is 138 cm³/mol. The quantitative estimate of drug-likeness (QED) is 0.335. The first-order chi connectivity index (χ1) is 18.4. The average Bonchev–Trinajstić information content (AvgIpc) is 3.59. The molecule has 5 rings (SSSR count). The van der Waals surface area contributed by atoms with Gasteiger partial charge in [0.25, 0.3) is 5.91 Å². The fourth-order valence-electron chi connectivity index (χ4n) is 5.78. The molecule has 2 fully saturated rings. The van der Waals surface area contributed by atoms with Crippen LogP contribution in [0.25, 0.3) is 11.3 Å². The zero-order chi connectivity index (χ0) is 28.1. The van der Waals surface area contributed by atoms with Gasteiger partial charge in [-0.1, -0.05) is 18.1 Å². The van der Waals surface area contributed by atoms with E-state index >= 15 is 0 Å². The van der Waals surface area contributed by atoms with Crippen LogP contribution in [0, 0.1) is 17.3 Å². The van der Waals surface area contributed by atoms with Crippen LogP contribution in [0.1, 0.15) is 68.1 Å². The number of anilines is 1. The molecule has 2 atom stereocenters. The normalized spacial score (nSPS) is 22.3. The van der Waals surface area contributed by atoms with Gasteiger partial charge in [-0.3, -0.25) is 9.48 Å². The molecule has 1 saturated carbocycles. The fraction of sp³-hybridized carbons (Fsp3) is 0.444. The summed E-state index contributed by atoms with van der Waals surface area (Å²) in [5.41, 5.74) is 13.1. The van der Waals surface area contributed by atoms with E-state index in [1.807, 2.05) is 0 Å². The highest BCUT2D eigenvalue weighted by molar-refractivity contribution is 5.93. The highest BCUT2D eigenvalue weighted by Gasteiger charge is 2.51. The van der Waals surface area contributed by atoms with Crippen molar-refractivity contribution in [3.05, 3.63) is 53.3 Å². The number of halogens is 3. The van der Waals surface area contributed by atoms with Gasteiger partial charge in [0.15, 0.2) is 0 Å². The smallest absolute Gasteiger partial charge is 0.384 e. The molecule has 1 aliphatic carbocycles. The predicted octanol–water partition coefficient (Wildman–Crippen LogP) is 3.48. The molecular formula is C27H30F3N7O2. The topological polar surface area (TPSA) is 128 Å². The number of aromatic nitrogens is 4. The molecule has 3 heterocycles. The van der Waals surface area contributed by atoms with E-state index in [1.165, 1.54) is 16.9 Å². The lowest BCUT2D eigenvalue weighted by atomic mass is 9.65. The number of amides is 1. The van der Waals surface area contributed by atoms with Gasteiger partial charge in [-0.15, -0.1) is 0 Å². The summed E-state index contributed by atoms with van der Waals surface area (Å²) in [6.45, 7) is 4.68. The Hall–Kier alpha value is -3.82. The molecule has 0 bridgehead atoms. The van der Waals surface area contributed by atoms with Crippen LogP contribution in [0.3, 0.4) is 0 Å². The van der Waals surface area contributed by atoms with E-state index in [9.17, 15) is 23.1 Å². The molecule has 2 aliphatic rings. The molecule has 1 unspecified atom stereocenters. The van der Waals surface area contributed by atoms with E-state index in [1.54, 1.807) is 35.7 Å². The molecule has 5 N–H and O–H groups in total. The third kappa shape index (κ3) is 4.88. The number of alkyl halides is 3. The first-order valence-corrected chi connectivity index (χ1v) is 12.7. The van der Waals surface area contributed by atoms with Crippen molar-refractivity contribution in [3.8, 4) is 23.1 Å². The van der Waals surface area contributed by atoms with E-state index in [0.717, 1.165) is 31.4 Å². The summed E-state index contributed by atoms with van der Waals surface area (Å²) in [4.78, 5) is 14.0. The number of hydrogen-bond acceptors (Lipinski definition) is 6. The number of carbonyl (C=O) groups excluding carboxylic acids is 1. The second kappa shape index (κ2) is 9.73. The number of nitrogens with two attached hydrogens (primary N) is 2. The number of aliphatic hydroxyl groups excluding tert-OH is 1. The monoisotopic (exact) mass is 541 g/mol. The summed E-state index contributed by atoms with van der Waals surface area (Å²) in [7, 11) is 0. The molecule has 1 spiro atoms. The van der Waals surface area contributed by atoms with Crippen LogP contribution in [0.4, 0.5) is 19.0 Å². The van der Waals surface area contributed by atoms with Gasteiger partial charge >= 0.3 is 6.18 Å². The molecule has 9 nitrogen and oxygen atoms in total.